The first-order chi connectivity index (χ1) is 13.6. The highest BCUT2D eigenvalue weighted by Gasteiger charge is 2.17. The molecule has 1 amide bonds. The normalized spacial score (nSPS) is 10.8. The summed E-state index contributed by atoms with van der Waals surface area (Å²) in [4.78, 5) is 16.9. The molecule has 0 aliphatic carbocycles. The van der Waals surface area contributed by atoms with Crippen molar-refractivity contribution in [3.8, 4) is 16.8 Å². The summed E-state index contributed by atoms with van der Waals surface area (Å²) in [6.07, 6.45) is 5.28. The van der Waals surface area contributed by atoms with Gasteiger partial charge < -0.3 is 9.88 Å². The minimum Gasteiger partial charge on any atom is -0.326 e. The molecule has 4 rings (SSSR count). The van der Waals surface area contributed by atoms with E-state index in [1.807, 2.05) is 66.9 Å². The molecule has 0 saturated heterocycles. The minimum absolute atomic E-state index is 0.132. The van der Waals surface area contributed by atoms with Crippen LogP contribution < -0.4 is 5.32 Å². The first-order valence-corrected chi connectivity index (χ1v) is 9.10. The maximum Gasteiger partial charge on any atom is 0.245 e. The third kappa shape index (κ3) is 3.57. The lowest BCUT2D eigenvalue weighted by Gasteiger charge is -2.12. The zero-order chi connectivity index (χ0) is 19.5. The Morgan fingerprint density at radius 1 is 1.07 bits per heavy atom. The number of benzene rings is 2. The van der Waals surface area contributed by atoms with Gasteiger partial charge in [0.2, 0.25) is 5.91 Å². The van der Waals surface area contributed by atoms with E-state index in [4.69, 9.17) is 0 Å². The summed E-state index contributed by atoms with van der Waals surface area (Å²) in [7, 11) is 0. The summed E-state index contributed by atoms with van der Waals surface area (Å²) < 4.78 is 3.57. The second kappa shape index (κ2) is 7.52. The number of amides is 1. The molecule has 0 spiro atoms. The van der Waals surface area contributed by atoms with Crippen LogP contribution in [0.3, 0.4) is 0 Å². The first-order valence-electron chi connectivity index (χ1n) is 9.10. The highest BCUT2D eigenvalue weighted by atomic mass is 16.2. The van der Waals surface area contributed by atoms with Crippen LogP contribution >= 0.6 is 0 Å². The number of carbonyl (C=O) groups is 1. The van der Waals surface area contributed by atoms with Gasteiger partial charge in [-0.25, -0.2) is 9.67 Å². The average Bonchev–Trinajstić information content (AvgIpc) is 3.29. The molecule has 0 fully saturated rings. The number of aryl methyl sites for hydroxylation is 2. The summed E-state index contributed by atoms with van der Waals surface area (Å²) in [6, 6.07) is 17.9. The number of hydrogen-bond acceptors (Lipinski definition) is 3. The van der Waals surface area contributed by atoms with E-state index < -0.39 is 0 Å². The summed E-state index contributed by atoms with van der Waals surface area (Å²) in [5, 5.41) is 7.60. The Bertz CT molecular complexity index is 1110. The highest BCUT2D eigenvalue weighted by molar-refractivity contribution is 5.94. The number of rotatable bonds is 5. The van der Waals surface area contributed by atoms with Gasteiger partial charge in [-0.3, -0.25) is 4.79 Å². The molecule has 0 bridgehead atoms. The van der Waals surface area contributed by atoms with Crippen LogP contribution in [0.4, 0.5) is 5.82 Å². The summed E-state index contributed by atoms with van der Waals surface area (Å²) in [5.74, 6) is 1.32. The smallest absolute Gasteiger partial charge is 0.245 e. The van der Waals surface area contributed by atoms with Gasteiger partial charge in [0.15, 0.2) is 0 Å². The van der Waals surface area contributed by atoms with Crippen molar-refractivity contribution >= 4 is 11.7 Å². The van der Waals surface area contributed by atoms with E-state index in [0.29, 0.717) is 5.82 Å². The molecule has 2 aromatic heterocycles. The molecule has 6 heteroatoms. The number of carbonyl (C=O) groups excluding carboxylic acids is 1. The maximum atomic E-state index is 12.8. The molecule has 0 atom stereocenters. The van der Waals surface area contributed by atoms with Crippen LogP contribution in [0.5, 0.6) is 0 Å². The zero-order valence-corrected chi connectivity index (χ0v) is 15.8. The van der Waals surface area contributed by atoms with Crippen molar-refractivity contribution in [1.29, 1.82) is 0 Å². The number of aromatic nitrogens is 4. The Balaban J connectivity index is 1.73. The Labute approximate surface area is 163 Å². The molecule has 0 saturated carbocycles. The van der Waals surface area contributed by atoms with Crippen LogP contribution in [0.2, 0.25) is 0 Å². The molecule has 4 aromatic rings. The lowest BCUT2D eigenvalue weighted by atomic mass is 10.1. The second-order valence-corrected chi connectivity index (χ2v) is 6.67. The van der Waals surface area contributed by atoms with Gasteiger partial charge in [0.1, 0.15) is 18.2 Å². The number of imidazole rings is 1. The fourth-order valence-electron chi connectivity index (χ4n) is 3.15. The van der Waals surface area contributed by atoms with Gasteiger partial charge in [-0.2, -0.15) is 5.10 Å². The Morgan fingerprint density at radius 2 is 1.89 bits per heavy atom. The van der Waals surface area contributed by atoms with E-state index in [2.05, 4.69) is 21.5 Å². The van der Waals surface area contributed by atoms with E-state index in [1.165, 1.54) is 0 Å². The quantitative estimate of drug-likeness (QED) is 0.577. The van der Waals surface area contributed by atoms with Crippen LogP contribution in [0.15, 0.2) is 73.2 Å². The largest absolute Gasteiger partial charge is 0.326 e. The average molecular weight is 371 g/mol. The predicted molar refractivity (Wildman–Crippen MR) is 109 cm³/mol. The van der Waals surface area contributed by atoms with Crippen LogP contribution in [-0.2, 0) is 11.3 Å². The maximum absolute atomic E-state index is 12.8. The van der Waals surface area contributed by atoms with E-state index >= 15 is 0 Å². The summed E-state index contributed by atoms with van der Waals surface area (Å²) in [5.41, 5.74) is 3.92. The summed E-state index contributed by atoms with van der Waals surface area (Å²) in [6.45, 7) is 4.12. The molecule has 2 aromatic carbocycles. The van der Waals surface area contributed by atoms with Gasteiger partial charge in [-0.05, 0) is 31.5 Å². The topological polar surface area (TPSA) is 64.7 Å². The van der Waals surface area contributed by atoms with Crippen LogP contribution in [0, 0.1) is 13.8 Å². The van der Waals surface area contributed by atoms with E-state index in [0.717, 1.165) is 28.2 Å². The van der Waals surface area contributed by atoms with Gasteiger partial charge in [-0.15, -0.1) is 0 Å². The van der Waals surface area contributed by atoms with Crippen molar-refractivity contribution in [1.82, 2.24) is 19.3 Å². The monoisotopic (exact) mass is 371 g/mol. The van der Waals surface area contributed by atoms with E-state index in [-0.39, 0.29) is 12.5 Å². The van der Waals surface area contributed by atoms with Crippen LogP contribution in [-0.4, -0.2) is 25.2 Å². The number of hydrogen-bond donors (Lipinski definition) is 1. The molecule has 140 valence electrons. The third-order valence-electron chi connectivity index (χ3n) is 4.59. The molecule has 0 aliphatic heterocycles. The Kier molecular flexibility index (Phi) is 4.76. The molecule has 6 nitrogen and oxygen atoms in total. The van der Waals surface area contributed by atoms with Gasteiger partial charge >= 0.3 is 0 Å². The lowest BCUT2D eigenvalue weighted by Crippen LogP contribution is -2.21. The standard InChI is InChI=1S/C22H21N5O/c1-16-7-6-8-18(13-16)20-14-24-27(19-9-4-3-5-10-19)22(20)25-21(28)15-26-12-11-23-17(26)2/h3-14H,15H2,1-2H3,(H,25,28). The van der Waals surface area contributed by atoms with Crippen molar-refractivity contribution in [3.63, 3.8) is 0 Å². The number of para-hydroxylation sites is 1. The van der Waals surface area contributed by atoms with E-state index in [9.17, 15) is 4.79 Å². The van der Waals surface area contributed by atoms with E-state index in [1.54, 1.807) is 23.3 Å². The molecule has 2 heterocycles. The van der Waals surface area contributed by atoms with Crippen molar-refractivity contribution in [2.45, 2.75) is 20.4 Å². The molecular weight excluding hydrogens is 350 g/mol. The minimum atomic E-state index is -0.132. The molecule has 1 N–H and O–H groups in total. The second-order valence-electron chi connectivity index (χ2n) is 6.67. The number of anilines is 1. The van der Waals surface area contributed by atoms with Crippen molar-refractivity contribution in [3.05, 3.63) is 84.6 Å². The third-order valence-corrected chi connectivity index (χ3v) is 4.59. The van der Waals surface area contributed by atoms with Crippen molar-refractivity contribution in [2.24, 2.45) is 0 Å². The molecule has 28 heavy (non-hydrogen) atoms. The summed E-state index contributed by atoms with van der Waals surface area (Å²) >= 11 is 0. The highest BCUT2D eigenvalue weighted by Crippen LogP contribution is 2.30. The lowest BCUT2D eigenvalue weighted by molar-refractivity contribution is -0.116. The van der Waals surface area contributed by atoms with Crippen LogP contribution in [0.1, 0.15) is 11.4 Å². The zero-order valence-electron chi connectivity index (χ0n) is 15.8. The fraction of sp³-hybridized carbons (Fsp3) is 0.136. The van der Waals surface area contributed by atoms with Gasteiger partial charge in [0.05, 0.1) is 11.9 Å². The number of nitrogens with one attached hydrogen (secondary N) is 1. The van der Waals surface area contributed by atoms with Gasteiger partial charge in [0.25, 0.3) is 0 Å². The van der Waals surface area contributed by atoms with Gasteiger partial charge in [0, 0.05) is 18.0 Å². The Hall–Kier alpha value is -3.67. The number of nitrogens with zero attached hydrogens (tertiary/aromatic N) is 4. The molecule has 0 aliphatic rings. The Morgan fingerprint density at radius 3 is 2.61 bits per heavy atom. The molecule has 0 radical (unpaired) electrons. The van der Waals surface area contributed by atoms with Crippen LogP contribution in [0.25, 0.3) is 16.8 Å². The van der Waals surface area contributed by atoms with Crippen molar-refractivity contribution in [2.75, 3.05) is 5.32 Å². The van der Waals surface area contributed by atoms with Crippen molar-refractivity contribution < 1.29 is 4.79 Å². The molecular formula is C22H21N5O. The van der Waals surface area contributed by atoms with Gasteiger partial charge in [-0.1, -0.05) is 48.0 Å². The SMILES string of the molecule is Cc1cccc(-c2cnn(-c3ccccc3)c2NC(=O)Cn2ccnc2C)c1. The predicted octanol–water partition coefficient (Wildman–Crippen LogP) is 3.99. The first kappa shape index (κ1) is 17.7. The molecule has 0 unspecified atom stereocenters. The fourth-order valence-corrected chi connectivity index (χ4v) is 3.15.